The predicted octanol–water partition coefficient (Wildman–Crippen LogP) is 2.49. The van der Waals surface area contributed by atoms with Gasteiger partial charge in [0.25, 0.3) is 5.91 Å². The Morgan fingerprint density at radius 2 is 2.00 bits per heavy atom. The number of hydrogen-bond acceptors (Lipinski definition) is 7. The van der Waals surface area contributed by atoms with Crippen LogP contribution in [0.15, 0.2) is 43.0 Å². The molecule has 5 rings (SSSR count). The van der Waals surface area contributed by atoms with Gasteiger partial charge in [0.15, 0.2) is 0 Å². The van der Waals surface area contributed by atoms with Gasteiger partial charge in [-0.1, -0.05) is 6.58 Å². The van der Waals surface area contributed by atoms with Gasteiger partial charge in [-0.25, -0.2) is 4.98 Å². The van der Waals surface area contributed by atoms with E-state index in [1.165, 1.54) is 6.08 Å². The Morgan fingerprint density at radius 3 is 2.76 bits per heavy atom. The molecule has 0 bridgehead atoms. The van der Waals surface area contributed by atoms with Gasteiger partial charge in [0.1, 0.15) is 11.6 Å². The van der Waals surface area contributed by atoms with Gasteiger partial charge in [0, 0.05) is 50.1 Å². The average molecular weight is 463 g/mol. The number of pyridine rings is 1. The van der Waals surface area contributed by atoms with Crippen molar-refractivity contribution >= 4 is 34.8 Å². The molecule has 1 atom stereocenters. The first-order chi connectivity index (χ1) is 16.6. The van der Waals surface area contributed by atoms with Crippen molar-refractivity contribution < 1.29 is 14.3 Å². The highest BCUT2D eigenvalue weighted by molar-refractivity contribution is 6.03. The first-order valence-corrected chi connectivity index (χ1v) is 11.8. The molecule has 178 valence electrons. The minimum absolute atomic E-state index is 0.0499. The van der Waals surface area contributed by atoms with E-state index < -0.39 is 0 Å². The van der Waals surface area contributed by atoms with Crippen molar-refractivity contribution in [2.75, 3.05) is 54.9 Å². The highest BCUT2D eigenvalue weighted by atomic mass is 16.5. The molecule has 2 saturated heterocycles. The smallest absolute Gasteiger partial charge is 0.255 e. The number of rotatable bonds is 6. The molecule has 0 radical (unpaired) electrons. The third-order valence-corrected chi connectivity index (χ3v) is 6.53. The zero-order valence-corrected chi connectivity index (χ0v) is 19.2. The van der Waals surface area contributed by atoms with E-state index in [2.05, 4.69) is 39.6 Å². The number of nitrogens with zero attached hydrogens (tertiary/aromatic N) is 3. The lowest BCUT2D eigenvalue weighted by Crippen LogP contribution is -2.44. The van der Waals surface area contributed by atoms with Crippen molar-refractivity contribution in [3.8, 4) is 0 Å². The zero-order valence-electron chi connectivity index (χ0n) is 19.2. The Labute approximate surface area is 199 Å². The standard InChI is InChI=1S/C25H30N6O3/c1-2-22(32)31-9-3-4-19(16-31)27-21-14-17-15-26-25(33)23(17)24(29-21)28-18-5-7-20(8-6-18)30-10-12-34-13-11-30/h2,5-8,14,19H,1,3-4,9-13,15-16H2,(H,26,33)(H2,27,28,29)/t19-/m1/s1. The second kappa shape index (κ2) is 9.72. The molecule has 2 fully saturated rings. The Hall–Kier alpha value is -3.59. The molecule has 1 aromatic carbocycles. The first-order valence-electron chi connectivity index (χ1n) is 11.8. The van der Waals surface area contributed by atoms with Crippen LogP contribution in [0.4, 0.5) is 23.0 Å². The molecule has 34 heavy (non-hydrogen) atoms. The fourth-order valence-electron chi connectivity index (χ4n) is 4.77. The number of fused-ring (bicyclic) bond motifs is 1. The van der Waals surface area contributed by atoms with Gasteiger partial charge in [-0.05, 0) is 54.8 Å². The second-order valence-corrected chi connectivity index (χ2v) is 8.82. The maximum Gasteiger partial charge on any atom is 0.255 e. The number of aromatic nitrogens is 1. The molecule has 0 unspecified atom stereocenters. The Kier molecular flexibility index (Phi) is 6.35. The molecular formula is C25H30N6O3. The number of amides is 2. The van der Waals surface area contributed by atoms with Crippen LogP contribution in [0.25, 0.3) is 0 Å². The molecule has 3 N–H and O–H groups in total. The van der Waals surface area contributed by atoms with E-state index >= 15 is 0 Å². The van der Waals surface area contributed by atoms with Crippen LogP contribution < -0.4 is 20.9 Å². The highest BCUT2D eigenvalue weighted by Crippen LogP contribution is 2.30. The number of piperidine rings is 1. The lowest BCUT2D eigenvalue weighted by molar-refractivity contribution is -0.127. The molecule has 9 heteroatoms. The van der Waals surface area contributed by atoms with E-state index in [0.717, 1.165) is 62.6 Å². The number of likely N-dealkylation sites (tertiary alicyclic amines) is 1. The van der Waals surface area contributed by atoms with Crippen LogP contribution in [0.2, 0.25) is 0 Å². The molecule has 9 nitrogen and oxygen atoms in total. The van der Waals surface area contributed by atoms with E-state index in [4.69, 9.17) is 9.72 Å². The Bertz CT molecular complexity index is 1080. The van der Waals surface area contributed by atoms with E-state index in [9.17, 15) is 9.59 Å². The largest absolute Gasteiger partial charge is 0.378 e. The lowest BCUT2D eigenvalue weighted by Gasteiger charge is -2.33. The topological polar surface area (TPSA) is 98.8 Å². The summed E-state index contributed by atoms with van der Waals surface area (Å²) in [5.41, 5.74) is 3.50. The summed E-state index contributed by atoms with van der Waals surface area (Å²) in [7, 11) is 0. The van der Waals surface area contributed by atoms with Crippen LogP contribution in [-0.2, 0) is 16.1 Å². The monoisotopic (exact) mass is 462 g/mol. The van der Waals surface area contributed by atoms with Crippen LogP contribution >= 0.6 is 0 Å². The quantitative estimate of drug-likeness (QED) is 0.568. The summed E-state index contributed by atoms with van der Waals surface area (Å²) in [5, 5.41) is 9.72. The zero-order chi connectivity index (χ0) is 23.5. The summed E-state index contributed by atoms with van der Waals surface area (Å²) in [6.07, 6.45) is 3.23. The normalized spacial score (nSPS) is 19.9. The third-order valence-electron chi connectivity index (χ3n) is 6.53. The van der Waals surface area contributed by atoms with Crippen LogP contribution in [0.1, 0.15) is 28.8 Å². The average Bonchev–Trinajstić information content (AvgIpc) is 3.25. The minimum atomic E-state index is -0.123. The number of ether oxygens (including phenoxy) is 1. The second-order valence-electron chi connectivity index (χ2n) is 8.82. The van der Waals surface area contributed by atoms with Gasteiger partial charge < -0.3 is 30.5 Å². The van der Waals surface area contributed by atoms with Crippen molar-refractivity contribution in [1.82, 2.24) is 15.2 Å². The molecule has 0 aliphatic carbocycles. The Morgan fingerprint density at radius 1 is 1.21 bits per heavy atom. The van der Waals surface area contributed by atoms with Gasteiger partial charge in [-0.15, -0.1) is 0 Å². The lowest BCUT2D eigenvalue weighted by atomic mass is 10.1. The summed E-state index contributed by atoms with van der Waals surface area (Å²) >= 11 is 0. The van der Waals surface area contributed by atoms with E-state index in [0.29, 0.717) is 30.3 Å². The number of morpholine rings is 1. The third kappa shape index (κ3) is 4.70. The number of benzene rings is 1. The van der Waals surface area contributed by atoms with Gasteiger partial charge in [-0.3, -0.25) is 9.59 Å². The van der Waals surface area contributed by atoms with Gasteiger partial charge in [-0.2, -0.15) is 0 Å². The van der Waals surface area contributed by atoms with Crippen molar-refractivity contribution in [2.45, 2.75) is 25.4 Å². The minimum Gasteiger partial charge on any atom is -0.378 e. The van der Waals surface area contributed by atoms with Gasteiger partial charge >= 0.3 is 0 Å². The maximum absolute atomic E-state index is 12.5. The highest BCUT2D eigenvalue weighted by Gasteiger charge is 2.27. The number of carbonyl (C=O) groups is 2. The van der Waals surface area contributed by atoms with Crippen LogP contribution in [0.3, 0.4) is 0 Å². The van der Waals surface area contributed by atoms with Crippen LogP contribution in [0.5, 0.6) is 0 Å². The Balaban J connectivity index is 1.34. The van der Waals surface area contributed by atoms with E-state index in [1.54, 1.807) is 0 Å². The fraction of sp³-hybridized carbons (Fsp3) is 0.400. The van der Waals surface area contributed by atoms with Gasteiger partial charge in [0.05, 0.1) is 18.8 Å². The number of anilines is 4. The first kappa shape index (κ1) is 22.2. The molecule has 1 aromatic heterocycles. The molecule has 4 heterocycles. The number of hydrogen-bond donors (Lipinski definition) is 3. The van der Waals surface area contributed by atoms with Crippen molar-refractivity contribution in [2.24, 2.45) is 0 Å². The summed E-state index contributed by atoms with van der Waals surface area (Å²) in [4.78, 5) is 33.4. The predicted molar refractivity (Wildman–Crippen MR) is 132 cm³/mol. The van der Waals surface area contributed by atoms with Crippen LogP contribution in [0, 0.1) is 0 Å². The SMILES string of the molecule is C=CC(=O)N1CCC[C@@H](Nc2cc3c(c(Nc4ccc(N5CCOCC5)cc4)n2)C(=O)NC3)C1. The summed E-state index contributed by atoms with van der Waals surface area (Å²) < 4.78 is 5.44. The van der Waals surface area contributed by atoms with Crippen molar-refractivity contribution in [3.05, 3.63) is 54.1 Å². The van der Waals surface area contributed by atoms with E-state index in [1.807, 2.05) is 23.1 Å². The molecule has 3 aliphatic rings. The fourth-order valence-corrected chi connectivity index (χ4v) is 4.77. The molecule has 3 aliphatic heterocycles. The molecular weight excluding hydrogens is 432 g/mol. The van der Waals surface area contributed by atoms with Crippen molar-refractivity contribution in [1.29, 1.82) is 0 Å². The van der Waals surface area contributed by atoms with Crippen molar-refractivity contribution in [3.63, 3.8) is 0 Å². The van der Waals surface area contributed by atoms with Crippen LogP contribution in [-0.4, -0.2) is 67.1 Å². The summed E-state index contributed by atoms with van der Waals surface area (Å²) in [6.45, 7) is 8.66. The summed E-state index contributed by atoms with van der Waals surface area (Å²) in [5.74, 6) is 1.05. The molecule has 0 spiro atoms. The molecule has 0 saturated carbocycles. The summed E-state index contributed by atoms with van der Waals surface area (Å²) in [6, 6.07) is 10.2. The number of nitrogens with one attached hydrogen (secondary N) is 3. The van der Waals surface area contributed by atoms with E-state index in [-0.39, 0.29) is 17.9 Å². The number of carbonyl (C=O) groups excluding carboxylic acids is 2. The maximum atomic E-state index is 12.5. The molecule has 2 amide bonds. The molecule has 2 aromatic rings. The van der Waals surface area contributed by atoms with Gasteiger partial charge in [0.2, 0.25) is 5.91 Å².